The summed E-state index contributed by atoms with van der Waals surface area (Å²) < 4.78 is 0. The van der Waals surface area contributed by atoms with Gasteiger partial charge in [-0.2, -0.15) is 0 Å². The molecule has 0 saturated heterocycles. The zero-order valence-electron chi connectivity index (χ0n) is 11.2. The van der Waals surface area contributed by atoms with Gasteiger partial charge in [0, 0.05) is 5.56 Å². The van der Waals surface area contributed by atoms with Crippen LogP contribution in [0.25, 0.3) is 0 Å². The minimum Gasteiger partial charge on any atom is -0.508 e. The maximum Gasteiger partial charge on any atom is 0.310 e. The zero-order chi connectivity index (χ0) is 15.5. The Morgan fingerprint density at radius 1 is 1.35 bits per heavy atom. The van der Waals surface area contributed by atoms with Gasteiger partial charge in [-0.3, -0.25) is 14.4 Å². The quantitative estimate of drug-likeness (QED) is 0.682. The molecule has 6 heteroatoms. The number of carbonyl (C=O) groups excluding carboxylic acids is 1. The second-order valence-corrected chi connectivity index (χ2v) is 4.96. The van der Waals surface area contributed by atoms with E-state index in [1.54, 1.807) is 0 Å². The largest absolute Gasteiger partial charge is 0.508 e. The molecule has 1 rings (SSSR count). The summed E-state index contributed by atoms with van der Waals surface area (Å²) in [6, 6.07) is 3.97. The van der Waals surface area contributed by atoms with Gasteiger partial charge >= 0.3 is 11.9 Å². The van der Waals surface area contributed by atoms with Crippen LogP contribution < -0.4 is 0 Å². The fourth-order valence-electron chi connectivity index (χ4n) is 1.94. The first kappa shape index (κ1) is 15.7. The average molecular weight is 280 g/mol. The normalized spacial score (nSPS) is 15.1. The highest BCUT2D eigenvalue weighted by molar-refractivity contribution is 5.84. The van der Waals surface area contributed by atoms with E-state index < -0.39 is 23.3 Å². The molecular formula is C14H16O6. The monoisotopic (exact) mass is 280 g/mol. The highest BCUT2D eigenvalue weighted by Crippen LogP contribution is 2.33. The number of aliphatic carboxylic acids is 2. The molecule has 0 aromatic heterocycles. The topological polar surface area (TPSA) is 112 Å². The highest BCUT2D eigenvalue weighted by Gasteiger charge is 2.43. The Bertz CT molecular complexity index is 551. The van der Waals surface area contributed by atoms with Gasteiger partial charge in [0.1, 0.15) is 12.0 Å². The zero-order valence-corrected chi connectivity index (χ0v) is 11.2. The minimum absolute atomic E-state index is 0.112. The van der Waals surface area contributed by atoms with Crippen LogP contribution in [0.3, 0.4) is 0 Å². The van der Waals surface area contributed by atoms with Gasteiger partial charge < -0.3 is 15.3 Å². The van der Waals surface area contributed by atoms with Crippen molar-refractivity contribution in [3.63, 3.8) is 0 Å². The minimum atomic E-state index is -1.55. The molecule has 0 heterocycles. The van der Waals surface area contributed by atoms with Gasteiger partial charge in [-0.1, -0.05) is 13.0 Å². The molecular weight excluding hydrogens is 264 g/mol. The van der Waals surface area contributed by atoms with E-state index in [2.05, 4.69) is 0 Å². The van der Waals surface area contributed by atoms with Crippen LogP contribution in [0.2, 0.25) is 0 Å². The molecule has 0 aliphatic carbocycles. The van der Waals surface area contributed by atoms with Gasteiger partial charge in [-0.05, 0) is 31.0 Å². The molecule has 0 spiro atoms. The Balaban J connectivity index is 3.24. The van der Waals surface area contributed by atoms with Gasteiger partial charge in [0.05, 0.1) is 11.3 Å². The Labute approximate surface area is 115 Å². The van der Waals surface area contributed by atoms with Crippen LogP contribution in [0.5, 0.6) is 5.75 Å². The van der Waals surface area contributed by atoms with Crippen molar-refractivity contribution in [2.24, 2.45) is 11.3 Å². The lowest BCUT2D eigenvalue weighted by Gasteiger charge is -2.29. The van der Waals surface area contributed by atoms with Crippen LogP contribution in [0, 0.1) is 11.3 Å². The third kappa shape index (κ3) is 2.96. The summed E-state index contributed by atoms with van der Waals surface area (Å²) in [4.78, 5) is 33.5. The first-order chi connectivity index (χ1) is 9.22. The van der Waals surface area contributed by atoms with Crippen LogP contribution >= 0.6 is 0 Å². The number of carbonyl (C=O) groups is 3. The molecule has 6 nitrogen and oxygen atoms in total. The predicted octanol–water partition coefficient (Wildman–Crippen LogP) is 1.56. The maximum atomic E-state index is 11.4. The number of aldehydes is 1. The molecule has 0 aliphatic rings. The van der Waals surface area contributed by atoms with Crippen LogP contribution in [0.1, 0.15) is 29.8 Å². The van der Waals surface area contributed by atoms with Crippen LogP contribution in [0.15, 0.2) is 18.2 Å². The second-order valence-electron chi connectivity index (χ2n) is 4.96. The van der Waals surface area contributed by atoms with Crippen molar-refractivity contribution in [3.05, 3.63) is 29.3 Å². The molecule has 108 valence electrons. The van der Waals surface area contributed by atoms with Crippen molar-refractivity contribution in [2.45, 2.75) is 20.3 Å². The van der Waals surface area contributed by atoms with Crippen LogP contribution in [-0.2, 0) is 16.0 Å². The van der Waals surface area contributed by atoms with E-state index in [0.717, 1.165) is 0 Å². The first-order valence-electron chi connectivity index (χ1n) is 5.95. The summed E-state index contributed by atoms with van der Waals surface area (Å²) in [7, 11) is 0. The molecule has 0 amide bonds. The Morgan fingerprint density at radius 2 is 1.95 bits per heavy atom. The number of carboxylic acid groups (broad SMARTS) is 2. The van der Waals surface area contributed by atoms with E-state index in [4.69, 9.17) is 5.11 Å². The number of rotatable bonds is 6. The fourth-order valence-corrected chi connectivity index (χ4v) is 1.94. The summed E-state index contributed by atoms with van der Waals surface area (Å²) in [6.45, 7) is 2.65. The van der Waals surface area contributed by atoms with E-state index in [-0.39, 0.29) is 17.7 Å². The number of phenolic OH excluding ortho intramolecular Hbond substituents is 1. The summed E-state index contributed by atoms with van der Waals surface area (Å²) in [6.07, 6.45) is 0.382. The summed E-state index contributed by atoms with van der Waals surface area (Å²) in [5.74, 6) is -3.72. The van der Waals surface area contributed by atoms with Crippen molar-refractivity contribution in [2.75, 3.05) is 0 Å². The standard InChI is InChI=1S/C14H16O6/c1-8(12(17)18)14(2,13(19)20)6-9-3-4-11(16)5-10(9)7-15/h3-5,7-8,16H,6H2,1-2H3,(H,17,18)(H,19,20)/t8?,14-/m0/s1. The molecule has 3 N–H and O–H groups in total. The molecule has 0 radical (unpaired) electrons. The van der Waals surface area contributed by atoms with Gasteiger partial charge in [-0.25, -0.2) is 0 Å². The fraction of sp³-hybridized carbons (Fsp3) is 0.357. The Hall–Kier alpha value is -2.37. The van der Waals surface area contributed by atoms with Crippen molar-refractivity contribution in [1.82, 2.24) is 0 Å². The van der Waals surface area contributed by atoms with E-state index in [1.807, 2.05) is 0 Å². The molecule has 0 bridgehead atoms. The molecule has 2 atom stereocenters. The molecule has 1 unspecified atom stereocenters. The SMILES string of the molecule is CC(C(=O)O)[C@](C)(Cc1ccc(O)cc1C=O)C(=O)O. The van der Waals surface area contributed by atoms with Crippen LogP contribution in [0.4, 0.5) is 0 Å². The Kier molecular flexibility index (Phi) is 4.49. The van der Waals surface area contributed by atoms with E-state index >= 15 is 0 Å². The van der Waals surface area contributed by atoms with E-state index in [0.29, 0.717) is 11.8 Å². The number of hydrogen-bond donors (Lipinski definition) is 3. The van der Waals surface area contributed by atoms with E-state index in [9.17, 15) is 24.6 Å². The van der Waals surface area contributed by atoms with Crippen molar-refractivity contribution >= 4 is 18.2 Å². The van der Waals surface area contributed by atoms with Gasteiger partial charge in [-0.15, -0.1) is 0 Å². The lowest BCUT2D eigenvalue weighted by atomic mass is 9.73. The van der Waals surface area contributed by atoms with Gasteiger partial charge in [0.25, 0.3) is 0 Å². The number of hydrogen-bond acceptors (Lipinski definition) is 4. The molecule has 0 fully saturated rings. The Morgan fingerprint density at radius 3 is 2.40 bits per heavy atom. The number of phenols is 1. The smallest absolute Gasteiger partial charge is 0.310 e. The summed E-state index contributed by atoms with van der Waals surface area (Å²) in [5.41, 5.74) is -1.02. The summed E-state index contributed by atoms with van der Waals surface area (Å²) in [5, 5.41) is 27.7. The molecule has 1 aromatic carbocycles. The molecule has 20 heavy (non-hydrogen) atoms. The third-order valence-corrected chi connectivity index (χ3v) is 3.63. The van der Waals surface area contributed by atoms with Gasteiger partial charge in [0.15, 0.2) is 0 Å². The van der Waals surface area contributed by atoms with Crippen molar-refractivity contribution < 1.29 is 29.7 Å². The summed E-state index contributed by atoms with van der Waals surface area (Å²) >= 11 is 0. The lowest BCUT2D eigenvalue weighted by Crippen LogP contribution is -2.40. The second kappa shape index (κ2) is 5.73. The number of aromatic hydroxyl groups is 1. The highest BCUT2D eigenvalue weighted by atomic mass is 16.4. The number of benzene rings is 1. The molecule has 1 aromatic rings. The van der Waals surface area contributed by atoms with Crippen molar-refractivity contribution in [3.8, 4) is 5.75 Å². The first-order valence-corrected chi connectivity index (χ1v) is 5.95. The number of carboxylic acids is 2. The third-order valence-electron chi connectivity index (χ3n) is 3.63. The molecule has 0 aliphatic heterocycles. The maximum absolute atomic E-state index is 11.4. The van der Waals surface area contributed by atoms with E-state index in [1.165, 1.54) is 32.0 Å². The van der Waals surface area contributed by atoms with Crippen molar-refractivity contribution in [1.29, 1.82) is 0 Å². The lowest BCUT2D eigenvalue weighted by molar-refractivity contribution is -0.160. The van der Waals surface area contributed by atoms with Crippen LogP contribution in [-0.4, -0.2) is 33.5 Å². The predicted molar refractivity (Wildman–Crippen MR) is 69.7 cm³/mol. The molecule has 0 saturated carbocycles. The average Bonchev–Trinajstić information content (AvgIpc) is 2.39. The van der Waals surface area contributed by atoms with Gasteiger partial charge in [0.2, 0.25) is 0 Å².